The van der Waals surface area contributed by atoms with Crippen molar-refractivity contribution in [3.63, 3.8) is 0 Å². The summed E-state index contributed by atoms with van der Waals surface area (Å²) in [5.74, 6) is -1.15. The Labute approximate surface area is 145 Å². The SMILES string of the molecule is Cc1cc(Cl)ccc1Cc1c(-c2n[nH]c(=O)o2)cc2[nH]cnc2c1F. The fourth-order valence-corrected chi connectivity index (χ4v) is 3.07. The van der Waals surface area contributed by atoms with Gasteiger partial charge in [-0.3, -0.25) is 0 Å². The van der Waals surface area contributed by atoms with Gasteiger partial charge in [0.1, 0.15) is 5.52 Å². The fourth-order valence-electron chi connectivity index (χ4n) is 2.84. The minimum Gasteiger partial charge on any atom is -0.388 e. The Kier molecular flexibility index (Phi) is 3.65. The van der Waals surface area contributed by atoms with Crippen molar-refractivity contribution in [3.8, 4) is 11.5 Å². The molecule has 2 aromatic carbocycles. The number of nitrogens with one attached hydrogen (secondary N) is 2. The zero-order valence-corrected chi connectivity index (χ0v) is 13.8. The molecule has 25 heavy (non-hydrogen) atoms. The number of hydrogen-bond donors (Lipinski definition) is 2. The van der Waals surface area contributed by atoms with Crippen LogP contribution in [0.1, 0.15) is 16.7 Å². The van der Waals surface area contributed by atoms with E-state index in [-0.39, 0.29) is 17.8 Å². The second-order valence-corrected chi connectivity index (χ2v) is 6.12. The third-order valence-corrected chi connectivity index (χ3v) is 4.33. The van der Waals surface area contributed by atoms with Crippen LogP contribution < -0.4 is 5.76 Å². The Morgan fingerprint density at radius 3 is 2.88 bits per heavy atom. The van der Waals surface area contributed by atoms with Gasteiger partial charge < -0.3 is 9.40 Å². The van der Waals surface area contributed by atoms with E-state index in [0.29, 0.717) is 21.7 Å². The monoisotopic (exact) mass is 358 g/mol. The van der Waals surface area contributed by atoms with E-state index in [9.17, 15) is 4.79 Å². The number of hydrogen-bond acceptors (Lipinski definition) is 4. The molecule has 0 spiro atoms. The van der Waals surface area contributed by atoms with Crippen LogP contribution in [0.2, 0.25) is 5.02 Å². The van der Waals surface area contributed by atoms with Crippen molar-refractivity contribution in [2.75, 3.05) is 0 Å². The summed E-state index contributed by atoms with van der Waals surface area (Å²) in [6, 6.07) is 7.08. The first-order valence-corrected chi connectivity index (χ1v) is 7.86. The van der Waals surface area contributed by atoms with E-state index in [2.05, 4.69) is 20.2 Å². The van der Waals surface area contributed by atoms with E-state index in [0.717, 1.165) is 11.1 Å². The molecule has 6 nitrogen and oxygen atoms in total. The standard InChI is InChI=1S/C17H12ClFN4O2/c1-8-4-10(18)3-2-9(8)5-11-12(16-22-23-17(24)25-16)6-13-15(14(11)19)21-7-20-13/h2-4,6-7H,5H2,1H3,(H,20,21)(H,23,24). The van der Waals surface area contributed by atoms with Crippen molar-refractivity contribution >= 4 is 22.6 Å². The zero-order valence-electron chi connectivity index (χ0n) is 13.1. The van der Waals surface area contributed by atoms with E-state index in [1.54, 1.807) is 12.1 Å². The van der Waals surface area contributed by atoms with Gasteiger partial charge in [-0.05, 0) is 36.2 Å². The molecule has 0 saturated carbocycles. The fraction of sp³-hybridized carbons (Fsp3) is 0.118. The molecule has 0 radical (unpaired) electrons. The summed E-state index contributed by atoms with van der Waals surface area (Å²) in [4.78, 5) is 18.2. The van der Waals surface area contributed by atoms with Crippen LogP contribution >= 0.6 is 11.6 Å². The van der Waals surface area contributed by atoms with Crippen LogP contribution in [0, 0.1) is 12.7 Å². The molecule has 0 atom stereocenters. The lowest BCUT2D eigenvalue weighted by Gasteiger charge is -2.11. The summed E-state index contributed by atoms with van der Waals surface area (Å²) in [5.41, 5.74) is 3.29. The Morgan fingerprint density at radius 2 is 2.16 bits per heavy atom. The van der Waals surface area contributed by atoms with Crippen molar-refractivity contribution in [1.29, 1.82) is 0 Å². The minimum absolute atomic E-state index is 0.0296. The zero-order chi connectivity index (χ0) is 17.6. The minimum atomic E-state index is -0.700. The van der Waals surface area contributed by atoms with Gasteiger partial charge in [0.15, 0.2) is 5.82 Å². The number of aryl methyl sites for hydroxylation is 1. The van der Waals surface area contributed by atoms with Gasteiger partial charge in [0.05, 0.1) is 11.8 Å². The molecule has 2 N–H and O–H groups in total. The molecule has 0 saturated heterocycles. The molecule has 0 unspecified atom stereocenters. The summed E-state index contributed by atoms with van der Waals surface area (Å²) >= 11 is 5.99. The maximum absolute atomic E-state index is 15.1. The predicted octanol–water partition coefficient (Wildman–Crippen LogP) is 3.60. The Hall–Kier alpha value is -2.93. The number of rotatable bonds is 3. The predicted molar refractivity (Wildman–Crippen MR) is 91.2 cm³/mol. The van der Waals surface area contributed by atoms with Gasteiger partial charge in [-0.25, -0.2) is 19.3 Å². The molecule has 126 valence electrons. The molecule has 0 bridgehead atoms. The summed E-state index contributed by atoms with van der Waals surface area (Å²) in [6.07, 6.45) is 1.69. The third kappa shape index (κ3) is 2.72. The van der Waals surface area contributed by atoms with Crippen LogP contribution in [0.25, 0.3) is 22.5 Å². The number of nitrogens with zero attached hydrogens (tertiary/aromatic N) is 2. The van der Waals surface area contributed by atoms with Crippen LogP contribution in [0.3, 0.4) is 0 Å². The Bertz CT molecular complexity index is 1150. The summed E-state index contributed by atoms with van der Waals surface area (Å²) in [7, 11) is 0. The molecule has 0 amide bonds. The largest absolute Gasteiger partial charge is 0.434 e. The van der Waals surface area contributed by atoms with Crippen molar-refractivity contribution in [2.24, 2.45) is 0 Å². The first-order chi connectivity index (χ1) is 12.0. The number of imidazole rings is 1. The Balaban J connectivity index is 1.94. The van der Waals surface area contributed by atoms with E-state index in [4.69, 9.17) is 16.0 Å². The maximum atomic E-state index is 15.1. The van der Waals surface area contributed by atoms with Crippen LogP contribution in [-0.4, -0.2) is 20.2 Å². The highest BCUT2D eigenvalue weighted by molar-refractivity contribution is 6.30. The Morgan fingerprint density at radius 1 is 1.32 bits per heavy atom. The summed E-state index contributed by atoms with van der Waals surface area (Å²) in [5, 5.41) is 6.65. The van der Waals surface area contributed by atoms with Gasteiger partial charge in [0, 0.05) is 22.6 Å². The molecule has 0 aliphatic rings. The first kappa shape index (κ1) is 15.6. The molecule has 4 rings (SSSR count). The molecule has 0 aliphatic heterocycles. The van der Waals surface area contributed by atoms with Gasteiger partial charge in [0.2, 0.25) is 5.89 Å². The molecule has 4 aromatic rings. The number of halogens is 2. The molecule has 2 heterocycles. The van der Waals surface area contributed by atoms with E-state index in [1.165, 1.54) is 6.33 Å². The lowest BCUT2D eigenvalue weighted by molar-refractivity contribution is 0.525. The van der Waals surface area contributed by atoms with Crippen LogP contribution in [0.4, 0.5) is 4.39 Å². The van der Waals surface area contributed by atoms with Crippen molar-refractivity contribution in [1.82, 2.24) is 20.2 Å². The lowest BCUT2D eigenvalue weighted by Crippen LogP contribution is -2.00. The molecular weight excluding hydrogens is 347 g/mol. The van der Waals surface area contributed by atoms with Gasteiger partial charge in [-0.2, -0.15) is 0 Å². The topological polar surface area (TPSA) is 87.6 Å². The van der Waals surface area contributed by atoms with Gasteiger partial charge in [-0.1, -0.05) is 17.7 Å². The average Bonchev–Trinajstić information content (AvgIpc) is 3.20. The van der Waals surface area contributed by atoms with Crippen LogP contribution in [0.15, 0.2) is 39.8 Å². The highest BCUT2D eigenvalue weighted by atomic mass is 35.5. The van der Waals surface area contributed by atoms with E-state index < -0.39 is 11.6 Å². The maximum Gasteiger partial charge on any atom is 0.434 e. The first-order valence-electron chi connectivity index (χ1n) is 7.48. The second-order valence-electron chi connectivity index (χ2n) is 5.68. The van der Waals surface area contributed by atoms with Crippen molar-refractivity contribution in [3.05, 3.63) is 68.7 Å². The highest BCUT2D eigenvalue weighted by Gasteiger charge is 2.20. The summed E-state index contributed by atoms with van der Waals surface area (Å²) in [6.45, 7) is 1.90. The van der Waals surface area contributed by atoms with Crippen molar-refractivity contribution < 1.29 is 8.81 Å². The number of aromatic amines is 2. The summed E-state index contributed by atoms with van der Waals surface area (Å²) < 4.78 is 20.1. The number of H-pyrrole nitrogens is 2. The number of fused-ring (bicyclic) bond motifs is 1. The number of aromatic nitrogens is 4. The quantitative estimate of drug-likeness (QED) is 0.585. The van der Waals surface area contributed by atoms with Crippen LogP contribution in [-0.2, 0) is 6.42 Å². The van der Waals surface area contributed by atoms with Gasteiger partial charge >= 0.3 is 5.76 Å². The van der Waals surface area contributed by atoms with E-state index in [1.807, 2.05) is 19.1 Å². The van der Waals surface area contributed by atoms with Crippen LogP contribution in [0.5, 0.6) is 0 Å². The van der Waals surface area contributed by atoms with E-state index >= 15 is 4.39 Å². The van der Waals surface area contributed by atoms with Gasteiger partial charge in [-0.15, -0.1) is 5.10 Å². The molecule has 2 aromatic heterocycles. The molecular formula is C17H12ClFN4O2. The van der Waals surface area contributed by atoms with Gasteiger partial charge in [0.25, 0.3) is 0 Å². The smallest absolute Gasteiger partial charge is 0.388 e. The lowest BCUT2D eigenvalue weighted by atomic mass is 9.95. The molecule has 0 fully saturated rings. The average molecular weight is 359 g/mol. The second kappa shape index (κ2) is 5.86. The van der Waals surface area contributed by atoms with Crippen molar-refractivity contribution in [2.45, 2.75) is 13.3 Å². The molecule has 8 heteroatoms. The normalized spacial score (nSPS) is 11.3. The third-order valence-electron chi connectivity index (χ3n) is 4.10. The molecule has 0 aliphatic carbocycles. The highest BCUT2D eigenvalue weighted by Crippen LogP contribution is 2.31. The number of benzene rings is 2.